The molecule has 0 saturated carbocycles. The Balaban J connectivity index is 1.26. The van der Waals surface area contributed by atoms with Crippen LogP contribution in [0.5, 0.6) is 0 Å². The van der Waals surface area contributed by atoms with Crippen molar-refractivity contribution in [1.82, 2.24) is 10.6 Å². The number of nitrogens with zero attached hydrogens (tertiary/aromatic N) is 2. The highest BCUT2D eigenvalue weighted by Crippen LogP contribution is 2.17. The summed E-state index contributed by atoms with van der Waals surface area (Å²) in [4.78, 5) is 24.9. The Morgan fingerprint density at radius 3 is 1.36 bits per heavy atom. The third kappa shape index (κ3) is 6.04. The molecule has 0 fully saturated rings. The molecule has 0 aliphatic carbocycles. The molecule has 2 amide bonds. The maximum atomic E-state index is 12.4. The van der Waals surface area contributed by atoms with Gasteiger partial charge in [-0.1, -0.05) is 95.2 Å². The number of oxime groups is 2. The predicted molar refractivity (Wildman–Crippen MR) is 140 cm³/mol. The minimum absolute atomic E-state index is 0.0366. The number of carbonyl (C=O) groups is 2. The van der Waals surface area contributed by atoms with Gasteiger partial charge < -0.3 is 21.0 Å². The van der Waals surface area contributed by atoms with Crippen LogP contribution in [-0.4, -0.2) is 46.7 Å². The lowest BCUT2D eigenvalue weighted by atomic mass is 10.0. The van der Waals surface area contributed by atoms with Crippen LogP contribution in [-0.2, 0) is 22.4 Å². The van der Waals surface area contributed by atoms with Gasteiger partial charge in [0.2, 0.25) is 0 Å². The minimum Gasteiger partial charge on any atom is -0.410 e. The Morgan fingerprint density at radius 2 is 0.972 bits per heavy atom. The zero-order chi connectivity index (χ0) is 25.3. The van der Waals surface area contributed by atoms with Crippen molar-refractivity contribution < 1.29 is 20.0 Å². The molecule has 0 saturated heterocycles. The van der Waals surface area contributed by atoms with E-state index in [4.69, 9.17) is 0 Å². The SMILES string of the molecule is O=C(NCCNC(=O)C(Cc1ccc2ccccc2c1)=NO)C(Cc1ccc2ccccc2c1)=NO. The minimum atomic E-state index is -0.535. The summed E-state index contributed by atoms with van der Waals surface area (Å²) in [6.07, 6.45) is 0.319. The lowest BCUT2D eigenvalue weighted by molar-refractivity contribution is -0.116. The van der Waals surface area contributed by atoms with Crippen LogP contribution in [0.2, 0.25) is 0 Å². The van der Waals surface area contributed by atoms with Crippen LogP contribution in [0, 0.1) is 0 Å². The van der Waals surface area contributed by atoms with Crippen LogP contribution in [0.15, 0.2) is 95.2 Å². The first-order valence-electron chi connectivity index (χ1n) is 11.5. The second-order valence-corrected chi connectivity index (χ2v) is 8.32. The maximum absolute atomic E-state index is 12.4. The summed E-state index contributed by atoms with van der Waals surface area (Å²) in [5.41, 5.74) is 1.60. The zero-order valence-electron chi connectivity index (χ0n) is 19.5. The van der Waals surface area contributed by atoms with Gasteiger partial charge in [0.05, 0.1) is 0 Å². The molecule has 4 rings (SSSR count). The Labute approximate surface area is 207 Å². The average Bonchev–Trinajstić information content (AvgIpc) is 2.92. The first-order valence-corrected chi connectivity index (χ1v) is 11.5. The topological polar surface area (TPSA) is 123 Å². The van der Waals surface area contributed by atoms with Crippen LogP contribution >= 0.6 is 0 Å². The summed E-state index contributed by atoms with van der Waals surface area (Å²) in [5.74, 6) is -1.07. The van der Waals surface area contributed by atoms with Gasteiger partial charge >= 0.3 is 0 Å². The molecular formula is C28H26N4O4. The largest absolute Gasteiger partial charge is 0.410 e. The fourth-order valence-electron chi connectivity index (χ4n) is 3.96. The van der Waals surface area contributed by atoms with E-state index in [1.807, 2.05) is 84.9 Å². The molecule has 0 heterocycles. The summed E-state index contributed by atoms with van der Waals surface area (Å²) >= 11 is 0. The monoisotopic (exact) mass is 482 g/mol. The van der Waals surface area contributed by atoms with Gasteiger partial charge in [0.25, 0.3) is 11.8 Å². The van der Waals surface area contributed by atoms with E-state index in [0.29, 0.717) is 0 Å². The number of hydrogen-bond acceptors (Lipinski definition) is 6. The number of fused-ring (bicyclic) bond motifs is 2. The normalized spacial score (nSPS) is 12.0. The molecule has 0 spiro atoms. The number of rotatable bonds is 9. The fourth-order valence-corrected chi connectivity index (χ4v) is 3.96. The molecule has 8 heteroatoms. The standard InChI is InChI=1S/C28H26N4O4/c33-27(25(31-35)17-19-9-11-21-5-1-3-7-23(21)15-19)29-13-14-30-28(34)26(32-36)18-20-10-12-22-6-2-4-8-24(22)16-20/h1-12,15-16,35-36H,13-14,17-18H2,(H,29,33)(H,30,34). The summed E-state index contributed by atoms with van der Waals surface area (Å²) < 4.78 is 0. The average molecular weight is 483 g/mol. The molecule has 4 N–H and O–H groups in total. The van der Waals surface area contributed by atoms with E-state index in [-0.39, 0.29) is 37.4 Å². The molecule has 0 radical (unpaired) electrons. The van der Waals surface area contributed by atoms with Crippen LogP contribution < -0.4 is 10.6 Å². The van der Waals surface area contributed by atoms with Crippen LogP contribution in [0.1, 0.15) is 11.1 Å². The van der Waals surface area contributed by atoms with E-state index >= 15 is 0 Å². The van der Waals surface area contributed by atoms with Crippen LogP contribution in [0.3, 0.4) is 0 Å². The number of amides is 2. The van der Waals surface area contributed by atoms with Crippen molar-refractivity contribution in [3.05, 3.63) is 96.1 Å². The zero-order valence-corrected chi connectivity index (χ0v) is 19.5. The highest BCUT2D eigenvalue weighted by Gasteiger charge is 2.15. The number of nitrogens with one attached hydrogen (secondary N) is 2. The Bertz CT molecular complexity index is 1350. The van der Waals surface area contributed by atoms with Crippen LogP contribution in [0.25, 0.3) is 21.5 Å². The Kier molecular flexibility index (Phi) is 7.87. The summed E-state index contributed by atoms with van der Waals surface area (Å²) in [5, 5.41) is 34.5. The molecule has 4 aromatic carbocycles. The molecule has 0 aliphatic heterocycles. The van der Waals surface area contributed by atoms with Crippen molar-refractivity contribution in [2.45, 2.75) is 12.8 Å². The van der Waals surface area contributed by atoms with Gasteiger partial charge in [-0.15, -0.1) is 0 Å². The van der Waals surface area contributed by atoms with Gasteiger partial charge in [-0.2, -0.15) is 0 Å². The predicted octanol–water partition coefficient (Wildman–Crippen LogP) is 3.67. The van der Waals surface area contributed by atoms with E-state index in [2.05, 4.69) is 20.9 Å². The van der Waals surface area contributed by atoms with Gasteiger partial charge in [0.15, 0.2) is 0 Å². The van der Waals surface area contributed by atoms with Crippen molar-refractivity contribution >= 4 is 44.8 Å². The fraction of sp³-hybridized carbons (Fsp3) is 0.143. The quantitative estimate of drug-likeness (QED) is 0.126. The molecule has 0 unspecified atom stereocenters. The van der Waals surface area contributed by atoms with Crippen molar-refractivity contribution in [3.8, 4) is 0 Å². The highest BCUT2D eigenvalue weighted by molar-refractivity contribution is 6.39. The van der Waals surface area contributed by atoms with Gasteiger partial charge in [-0.3, -0.25) is 9.59 Å². The van der Waals surface area contributed by atoms with Gasteiger partial charge in [-0.25, -0.2) is 0 Å². The van der Waals surface area contributed by atoms with E-state index < -0.39 is 11.8 Å². The van der Waals surface area contributed by atoms with Gasteiger partial charge in [-0.05, 0) is 32.7 Å². The molecule has 36 heavy (non-hydrogen) atoms. The number of carbonyl (C=O) groups excluding carboxylic acids is 2. The highest BCUT2D eigenvalue weighted by atomic mass is 16.4. The second kappa shape index (κ2) is 11.6. The lowest BCUT2D eigenvalue weighted by Gasteiger charge is -2.10. The summed E-state index contributed by atoms with van der Waals surface area (Å²) in [6, 6.07) is 27.3. The molecule has 4 aromatic rings. The lowest BCUT2D eigenvalue weighted by Crippen LogP contribution is -2.40. The number of benzene rings is 4. The molecule has 182 valence electrons. The molecule has 0 atom stereocenters. The Hall–Kier alpha value is -4.72. The van der Waals surface area contributed by atoms with Crippen molar-refractivity contribution in [2.75, 3.05) is 13.1 Å². The maximum Gasteiger partial charge on any atom is 0.269 e. The Morgan fingerprint density at radius 1 is 0.583 bits per heavy atom. The first-order chi connectivity index (χ1) is 17.6. The molecular weight excluding hydrogens is 456 g/mol. The molecule has 0 aromatic heterocycles. The second-order valence-electron chi connectivity index (χ2n) is 8.32. The van der Waals surface area contributed by atoms with Crippen LogP contribution in [0.4, 0.5) is 0 Å². The molecule has 0 aliphatic rings. The van der Waals surface area contributed by atoms with E-state index in [1.54, 1.807) is 0 Å². The summed E-state index contributed by atoms with van der Waals surface area (Å²) in [6.45, 7) is 0.214. The van der Waals surface area contributed by atoms with Crippen molar-refractivity contribution in [1.29, 1.82) is 0 Å². The van der Waals surface area contributed by atoms with Gasteiger partial charge in [0.1, 0.15) is 11.4 Å². The number of hydrogen-bond donors (Lipinski definition) is 4. The summed E-state index contributed by atoms with van der Waals surface area (Å²) in [7, 11) is 0. The van der Waals surface area contributed by atoms with E-state index in [9.17, 15) is 20.0 Å². The first kappa shape index (κ1) is 24.4. The molecule has 8 nitrogen and oxygen atoms in total. The van der Waals surface area contributed by atoms with E-state index in [0.717, 1.165) is 32.7 Å². The third-order valence-electron chi connectivity index (χ3n) is 5.83. The van der Waals surface area contributed by atoms with E-state index in [1.165, 1.54) is 0 Å². The third-order valence-corrected chi connectivity index (χ3v) is 5.83. The van der Waals surface area contributed by atoms with Gasteiger partial charge in [0, 0.05) is 25.9 Å². The van der Waals surface area contributed by atoms with Crippen molar-refractivity contribution in [3.63, 3.8) is 0 Å². The smallest absolute Gasteiger partial charge is 0.269 e. The molecule has 0 bridgehead atoms. The van der Waals surface area contributed by atoms with Crippen molar-refractivity contribution in [2.24, 2.45) is 10.3 Å².